The van der Waals surface area contributed by atoms with Crippen LogP contribution < -0.4 is 11.1 Å². The van der Waals surface area contributed by atoms with Gasteiger partial charge in [-0.3, -0.25) is 4.79 Å². The Morgan fingerprint density at radius 1 is 1.53 bits per heavy atom. The van der Waals surface area contributed by atoms with E-state index in [-0.39, 0.29) is 18.3 Å². The Balaban J connectivity index is 2.02. The molecule has 1 aromatic carbocycles. The lowest BCUT2D eigenvalue weighted by Crippen LogP contribution is -2.31. The summed E-state index contributed by atoms with van der Waals surface area (Å²) in [6.07, 6.45) is 0.558. The first-order valence-electron chi connectivity index (χ1n) is 5.30. The second-order valence-corrected chi connectivity index (χ2v) is 3.65. The van der Waals surface area contributed by atoms with E-state index in [4.69, 9.17) is 5.73 Å². The summed E-state index contributed by atoms with van der Waals surface area (Å²) in [4.78, 5) is 18.2. The molecular weight excluding hydrogens is 223 g/mol. The predicted octanol–water partition coefficient (Wildman–Crippen LogP) is 0.319. The highest BCUT2D eigenvalue weighted by atomic mass is 19.1. The first kappa shape index (κ1) is 11.5. The molecule has 0 aliphatic carbocycles. The molecule has 0 saturated heterocycles. The summed E-state index contributed by atoms with van der Waals surface area (Å²) in [5.41, 5.74) is 6.52. The molecule has 6 heteroatoms. The van der Waals surface area contributed by atoms with E-state index in [2.05, 4.69) is 15.3 Å². The summed E-state index contributed by atoms with van der Waals surface area (Å²) in [7, 11) is 0. The molecular formula is C11H13FN4O. The number of nitrogens with zero attached hydrogens (tertiary/aromatic N) is 1. The minimum atomic E-state index is -0.302. The van der Waals surface area contributed by atoms with Crippen LogP contribution in [0.15, 0.2) is 18.2 Å². The minimum absolute atomic E-state index is 0.0225. The molecule has 0 radical (unpaired) electrons. The number of nitrogens with one attached hydrogen (secondary N) is 2. The average molecular weight is 236 g/mol. The van der Waals surface area contributed by atoms with Crippen LogP contribution in [0.2, 0.25) is 0 Å². The molecule has 0 fully saturated rings. The number of imidazole rings is 1. The van der Waals surface area contributed by atoms with E-state index in [0.717, 1.165) is 0 Å². The lowest BCUT2D eigenvalue weighted by Gasteiger charge is -2.00. The molecule has 2 aromatic rings. The molecule has 1 aromatic heterocycles. The van der Waals surface area contributed by atoms with Crippen molar-refractivity contribution in [1.82, 2.24) is 15.3 Å². The lowest BCUT2D eigenvalue weighted by atomic mass is 10.3. The number of amides is 1. The Hall–Kier alpha value is -1.95. The third-order valence-electron chi connectivity index (χ3n) is 2.36. The third kappa shape index (κ3) is 2.79. The van der Waals surface area contributed by atoms with Crippen LogP contribution in [0.5, 0.6) is 0 Å². The Kier molecular flexibility index (Phi) is 3.34. The Labute approximate surface area is 97.2 Å². The molecule has 17 heavy (non-hydrogen) atoms. The molecule has 90 valence electrons. The van der Waals surface area contributed by atoms with E-state index < -0.39 is 0 Å². The maximum absolute atomic E-state index is 12.9. The van der Waals surface area contributed by atoms with Gasteiger partial charge >= 0.3 is 0 Å². The Morgan fingerprint density at radius 2 is 2.35 bits per heavy atom. The van der Waals surface area contributed by atoms with Crippen LogP contribution in [0.4, 0.5) is 4.39 Å². The first-order valence-corrected chi connectivity index (χ1v) is 5.30. The van der Waals surface area contributed by atoms with Crippen LogP contribution >= 0.6 is 0 Å². The molecule has 5 nitrogen and oxygen atoms in total. The van der Waals surface area contributed by atoms with Gasteiger partial charge < -0.3 is 16.0 Å². The quantitative estimate of drug-likeness (QED) is 0.714. The number of carbonyl (C=O) groups is 1. The van der Waals surface area contributed by atoms with E-state index in [1.54, 1.807) is 6.07 Å². The van der Waals surface area contributed by atoms with Gasteiger partial charge in [-0.1, -0.05) is 0 Å². The number of nitrogens with two attached hydrogens (primary N) is 1. The molecule has 2 rings (SSSR count). The summed E-state index contributed by atoms with van der Waals surface area (Å²) in [5.74, 6) is 0.208. The zero-order valence-electron chi connectivity index (χ0n) is 9.16. The van der Waals surface area contributed by atoms with E-state index in [9.17, 15) is 9.18 Å². The fourth-order valence-electron chi connectivity index (χ4n) is 1.55. The molecule has 4 N–H and O–H groups in total. The summed E-state index contributed by atoms with van der Waals surface area (Å²) in [6, 6.07) is 4.37. The zero-order chi connectivity index (χ0) is 12.3. The number of rotatable bonds is 4. The summed E-state index contributed by atoms with van der Waals surface area (Å²) >= 11 is 0. The highest BCUT2D eigenvalue weighted by Crippen LogP contribution is 2.12. The van der Waals surface area contributed by atoms with Gasteiger partial charge in [0.2, 0.25) is 5.91 Å². The van der Waals surface area contributed by atoms with Crippen LogP contribution in [0.25, 0.3) is 11.0 Å². The standard InChI is InChI=1S/C11H13FN4O/c12-7-1-2-8-9(5-7)16-10(15-8)3-4-14-11(17)6-13/h1-2,5H,3-4,6,13H2,(H,14,17)(H,15,16). The van der Waals surface area contributed by atoms with Gasteiger partial charge in [-0.2, -0.15) is 0 Å². The second-order valence-electron chi connectivity index (χ2n) is 3.65. The number of fused-ring (bicyclic) bond motifs is 1. The van der Waals surface area contributed by atoms with E-state index >= 15 is 0 Å². The average Bonchev–Trinajstić information content (AvgIpc) is 2.70. The highest BCUT2D eigenvalue weighted by molar-refractivity contribution is 5.77. The maximum Gasteiger partial charge on any atom is 0.233 e. The number of hydrogen-bond acceptors (Lipinski definition) is 3. The van der Waals surface area contributed by atoms with E-state index in [1.165, 1.54) is 12.1 Å². The van der Waals surface area contributed by atoms with Gasteiger partial charge in [0.05, 0.1) is 17.6 Å². The molecule has 0 atom stereocenters. The molecule has 0 aliphatic heterocycles. The van der Waals surface area contributed by atoms with Crippen molar-refractivity contribution in [3.05, 3.63) is 29.8 Å². The minimum Gasteiger partial charge on any atom is -0.355 e. The maximum atomic E-state index is 12.9. The van der Waals surface area contributed by atoms with E-state index in [0.29, 0.717) is 29.8 Å². The molecule has 0 bridgehead atoms. The number of hydrogen-bond donors (Lipinski definition) is 3. The van der Waals surface area contributed by atoms with Crippen LogP contribution in [-0.2, 0) is 11.2 Å². The first-order chi connectivity index (χ1) is 8.19. The molecule has 0 unspecified atom stereocenters. The van der Waals surface area contributed by atoms with Crippen molar-refractivity contribution < 1.29 is 9.18 Å². The summed E-state index contributed by atoms with van der Waals surface area (Å²) in [5, 5.41) is 2.64. The normalized spacial score (nSPS) is 10.7. The molecule has 0 saturated carbocycles. The van der Waals surface area contributed by atoms with Gasteiger partial charge in [0, 0.05) is 13.0 Å². The zero-order valence-corrected chi connectivity index (χ0v) is 9.16. The number of benzene rings is 1. The summed E-state index contributed by atoms with van der Waals surface area (Å²) in [6.45, 7) is 0.434. The summed E-state index contributed by atoms with van der Waals surface area (Å²) < 4.78 is 12.9. The van der Waals surface area contributed by atoms with Gasteiger partial charge in [0.25, 0.3) is 0 Å². The van der Waals surface area contributed by atoms with Crippen molar-refractivity contribution in [2.24, 2.45) is 5.73 Å². The van der Waals surface area contributed by atoms with Gasteiger partial charge in [-0.15, -0.1) is 0 Å². The lowest BCUT2D eigenvalue weighted by molar-refractivity contribution is -0.119. The Morgan fingerprint density at radius 3 is 3.12 bits per heavy atom. The van der Waals surface area contributed by atoms with Crippen LogP contribution in [0.3, 0.4) is 0 Å². The predicted molar refractivity (Wildman–Crippen MR) is 61.8 cm³/mol. The highest BCUT2D eigenvalue weighted by Gasteiger charge is 2.04. The smallest absolute Gasteiger partial charge is 0.233 e. The van der Waals surface area contributed by atoms with Crippen molar-refractivity contribution >= 4 is 16.9 Å². The van der Waals surface area contributed by atoms with Crippen molar-refractivity contribution in [1.29, 1.82) is 0 Å². The van der Waals surface area contributed by atoms with Gasteiger partial charge in [0.1, 0.15) is 11.6 Å². The van der Waals surface area contributed by atoms with Crippen molar-refractivity contribution in [2.45, 2.75) is 6.42 Å². The number of aromatic nitrogens is 2. The molecule has 0 spiro atoms. The van der Waals surface area contributed by atoms with E-state index in [1.807, 2.05) is 0 Å². The molecule has 0 aliphatic rings. The van der Waals surface area contributed by atoms with Crippen LogP contribution in [-0.4, -0.2) is 29.0 Å². The van der Waals surface area contributed by atoms with Crippen LogP contribution in [0, 0.1) is 5.82 Å². The van der Waals surface area contributed by atoms with Crippen molar-refractivity contribution in [3.63, 3.8) is 0 Å². The van der Waals surface area contributed by atoms with Gasteiger partial charge in [-0.25, -0.2) is 9.37 Å². The monoisotopic (exact) mass is 236 g/mol. The fraction of sp³-hybridized carbons (Fsp3) is 0.273. The number of carbonyl (C=O) groups excluding carboxylic acids is 1. The third-order valence-corrected chi connectivity index (χ3v) is 2.36. The molecule has 1 heterocycles. The van der Waals surface area contributed by atoms with Crippen molar-refractivity contribution in [2.75, 3.05) is 13.1 Å². The fourth-order valence-corrected chi connectivity index (χ4v) is 1.55. The van der Waals surface area contributed by atoms with Crippen LogP contribution in [0.1, 0.15) is 5.82 Å². The number of aromatic amines is 1. The Bertz CT molecular complexity index is 537. The second kappa shape index (κ2) is 4.92. The van der Waals surface area contributed by atoms with Gasteiger partial charge in [0.15, 0.2) is 0 Å². The number of H-pyrrole nitrogens is 1. The SMILES string of the molecule is NCC(=O)NCCc1nc2ccc(F)cc2[nH]1. The topological polar surface area (TPSA) is 83.8 Å². The number of halogens is 1. The molecule has 1 amide bonds. The van der Waals surface area contributed by atoms with Gasteiger partial charge in [-0.05, 0) is 18.2 Å². The van der Waals surface area contributed by atoms with Crippen molar-refractivity contribution in [3.8, 4) is 0 Å². The largest absolute Gasteiger partial charge is 0.355 e.